The van der Waals surface area contributed by atoms with Gasteiger partial charge in [0, 0.05) is 25.8 Å². The van der Waals surface area contributed by atoms with Crippen LogP contribution in [0.25, 0.3) is 0 Å². The molecule has 1 saturated heterocycles. The lowest BCUT2D eigenvalue weighted by Gasteiger charge is -2.35. The Hall–Kier alpha value is -2.02. The molecule has 1 unspecified atom stereocenters. The van der Waals surface area contributed by atoms with Crippen LogP contribution in [-0.2, 0) is 11.3 Å². The molecule has 1 aliphatic rings. The number of piperazine rings is 1. The Morgan fingerprint density at radius 3 is 2.96 bits per heavy atom. The fourth-order valence-corrected chi connectivity index (χ4v) is 2.95. The Morgan fingerprint density at radius 1 is 1.31 bits per heavy atom. The van der Waals surface area contributed by atoms with Gasteiger partial charge in [0.25, 0.3) is 0 Å². The molecule has 1 aliphatic heterocycles. The second-order valence-corrected chi connectivity index (χ2v) is 6.67. The third kappa shape index (κ3) is 5.00. The molecule has 0 radical (unpaired) electrons. The number of pyridine rings is 1. The minimum atomic E-state index is -0.377. The van der Waals surface area contributed by atoms with Crippen LogP contribution >= 0.6 is 23.2 Å². The molecule has 2 heterocycles. The van der Waals surface area contributed by atoms with E-state index in [1.165, 1.54) is 0 Å². The van der Waals surface area contributed by atoms with E-state index in [0.717, 1.165) is 5.56 Å². The van der Waals surface area contributed by atoms with Crippen molar-refractivity contribution in [2.45, 2.75) is 12.6 Å². The van der Waals surface area contributed by atoms with Gasteiger partial charge in [0.2, 0.25) is 0 Å². The van der Waals surface area contributed by atoms with Crippen molar-refractivity contribution >= 4 is 29.3 Å². The quantitative estimate of drug-likeness (QED) is 0.840. The zero-order valence-electron chi connectivity index (χ0n) is 14.0. The van der Waals surface area contributed by atoms with Crippen LogP contribution in [0.3, 0.4) is 0 Å². The van der Waals surface area contributed by atoms with Crippen molar-refractivity contribution in [3.05, 3.63) is 58.3 Å². The van der Waals surface area contributed by atoms with Gasteiger partial charge in [0.15, 0.2) is 0 Å². The molecule has 1 aromatic carbocycles. The van der Waals surface area contributed by atoms with E-state index in [2.05, 4.69) is 10.3 Å². The molecule has 1 amide bonds. The van der Waals surface area contributed by atoms with Gasteiger partial charge in [-0.2, -0.15) is 0 Å². The van der Waals surface area contributed by atoms with E-state index >= 15 is 0 Å². The number of hydrogen-bond acceptors (Lipinski definition) is 5. The molecular weight excluding hydrogens is 377 g/mol. The van der Waals surface area contributed by atoms with Gasteiger partial charge in [-0.15, -0.1) is 0 Å². The number of amides is 1. The summed E-state index contributed by atoms with van der Waals surface area (Å²) in [6, 6.07) is 8.67. The highest BCUT2D eigenvalue weighted by Gasteiger charge is 2.28. The highest BCUT2D eigenvalue weighted by Crippen LogP contribution is 2.23. The molecule has 138 valence electrons. The van der Waals surface area contributed by atoms with Gasteiger partial charge < -0.3 is 14.8 Å². The molecule has 3 rings (SSSR count). The van der Waals surface area contributed by atoms with E-state index in [1.54, 1.807) is 41.6 Å². The number of rotatable bonds is 5. The van der Waals surface area contributed by atoms with Gasteiger partial charge in [-0.25, -0.2) is 4.79 Å². The molecule has 6 nitrogen and oxygen atoms in total. The van der Waals surface area contributed by atoms with Crippen LogP contribution in [0, 0.1) is 0 Å². The minimum absolute atomic E-state index is 0.120. The van der Waals surface area contributed by atoms with Crippen LogP contribution in [0.5, 0.6) is 5.75 Å². The van der Waals surface area contributed by atoms with Gasteiger partial charge >= 0.3 is 6.09 Å². The lowest BCUT2D eigenvalue weighted by molar-refractivity contribution is 0.0587. The highest BCUT2D eigenvalue weighted by atomic mass is 35.5. The molecule has 1 N–H and O–H groups in total. The molecule has 0 spiro atoms. The fourth-order valence-electron chi connectivity index (χ4n) is 2.63. The topological polar surface area (TPSA) is 63.7 Å². The van der Waals surface area contributed by atoms with Crippen LogP contribution in [0.15, 0.2) is 42.7 Å². The summed E-state index contributed by atoms with van der Waals surface area (Å²) >= 11 is 11.9. The van der Waals surface area contributed by atoms with Gasteiger partial charge in [0.05, 0.1) is 22.3 Å². The SMILES string of the molecule is O=C(OCc1ccc(Cl)c(Cl)c1)N1CCNCC1COc1cccnc1. The van der Waals surface area contributed by atoms with Crippen LogP contribution in [0.1, 0.15) is 5.56 Å². The van der Waals surface area contributed by atoms with Crippen molar-refractivity contribution in [2.75, 3.05) is 26.2 Å². The summed E-state index contributed by atoms with van der Waals surface area (Å²) < 4.78 is 11.2. The Labute approximate surface area is 162 Å². The predicted octanol–water partition coefficient (Wildman–Crippen LogP) is 3.38. The number of carbonyl (C=O) groups excluding carboxylic acids is 1. The van der Waals surface area contributed by atoms with Crippen LogP contribution in [0.2, 0.25) is 10.0 Å². The van der Waals surface area contributed by atoms with Crippen molar-refractivity contribution in [2.24, 2.45) is 0 Å². The molecule has 0 aliphatic carbocycles. The summed E-state index contributed by atoms with van der Waals surface area (Å²) in [7, 11) is 0. The lowest BCUT2D eigenvalue weighted by Crippen LogP contribution is -2.56. The van der Waals surface area contributed by atoms with Crippen molar-refractivity contribution in [3.63, 3.8) is 0 Å². The van der Waals surface area contributed by atoms with Crippen molar-refractivity contribution in [1.82, 2.24) is 15.2 Å². The lowest BCUT2D eigenvalue weighted by atomic mass is 10.2. The first-order chi connectivity index (χ1) is 12.6. The molecule has 1 atom stereocenters. The summed E-state index contributed by atoms with van der Waals surface area (Å²) in [5, 5.41) is 4.17. The minimum Gasteiger partial charge on any atom is -0.490 e. The summed E-state index contributed by atoms with van der Waals surface area (Å²) in [5.41, 5.74) is 0.783. The summed E-state index contributed by atoms with van der Waals surface area (Å²) in [4.78, 5) is 18.2. The van der Waals surface area contributed by atoms with Gasteiger partial charge in [-0.05, 0) is 29.8 Å². The normalized spacial score (nSPS) is 17.0. The zero-order chi connectivity index (χ0) is 18.4. The molecular formula is C18H19Cl2N3O3. The van der Waals surface area contributed by atoms with Crippen LogP contribution < -0.4 is 10.1 Å². The number of aromatic nitrogens is 1. The first-order valence-corrected chi connectivity index (χ1v) is 9.00. The molecule has 0 saturated carbocycles. The van der Waals surface area contributed by atoms with E-state index in [9.17, 15) is 4.79 Å². The highest BCUT2D eigenvalue weighted by molar-refractivity contribution is 6.42. The average Bonchev–Trinajstić information content (AvgIpc) is 2.68. The number of ether oxygens (including phenoxy) is 2. The number of nitrogens with one attached hydrogen (secondary N) is 1. The molecule has 1 fully saturated rings. The summed E-state index contributed by atoms with van der Waals surface area (Å²) in [6.07, 6.45) is 2.95. The molecule has 2 aromatic rings. The number of benzene rings is 1. The predicted molar refractivity (Wildman–Crippen MR) is 99.7 cm³/mol. The maximum atomic E-state index is 12.5. The van der Waals surface area contributed by atoms with Gasteiger partial charge in [-0.3, -0.25) is 9.88 Å². The molecule has 8 heteroatoms. The smallest absolute Gasteiger partial charge is 0.410 e. The summed E-state index contributed by atoms with van der Waals surface area (Å²) in [5.74, 6) is 0.669. The fraction of sp³-hybridized carbons (Fsp3) is 0.333. The van der Waals surface area contributed by atoms with Gasteiger partial charge in [-0.1, -0.05) is 29.3 Å². The summed E-state index contributed by atoms with van der Waals surface area (Å²) in [6.45, 7) is 2.41. The van der Waals surface area contributed by atoms with Crippen molar-refractivity contribution in [1.29, 1.82) is 0 Å². The third-order valence-corrected chi connectivity index (χ3v) is 4.75. The van der Waals surface area contributed by atoms with Crippen LogP contribution in [-0.4, -0.2) is 48.3 Å². The molecule has 26 heavy (non-hydrogen) atoms. The Morgan fingerprint density at radius 2 is 2.19 bits per heavy atom. The second kappa shape index (κ2) is 9.07. The number of halogens is 2. The first kappa shape index (κ1) is 18.8. The molecule has 1 aromatic heterocycles. The Balaban J connectivity index is 1.55. The van der Waals surface area contributed by atoms with Gasteiger partial charge in [0.1, 0.15) is 19.0 Å². The Kier molecular flexibility index (Phi) is 6.55. The number of nitrogens with zero attached hydrogens (tertiary/aromatic N) is 2. The standard InChI is InChI=1S/C18H19Cl2N3O3/c19-16-4-3-13(8-17(16)20)11-26-18(24)23-7-6-22-9-14(23)12-25-15-2-1-5-21-10-15/h1-5,8,10,14,22H,6-7,9,11-12H2. The largest absolute Gasteiger partial charge is 0.490 e. The first-order valence-electron chi connectivity index (χ1n) is 8.24. The molecule has 0 bridgehead atoms. The van der Waals surface area contributed by atoms with Crippen molar-refractivity contribution in [3.8, 4) is 5.75 Å². The van der Waals surface area contributed by atoms with E-state index in [4.69, 9.17) is 32.7 Å². The Bertz CT molecular complexity index is 746. The number of carbonyl (C=O) groups is 1. The zero-order valence-corrected chi connectivity index (χ0v) is 15.5. The maximum Gasteiger partial charge on any atom is 0.410 e. The number of hydrogen-bond donors (Lipinski definition) is 1. The average molecular weight is 396 g/mol. The maximum absolute atomic E-state index is 12.5. The van der Waals surface area contributed by atoms with E-state index in [0.29, 0.717) is 42.0 Å². The monoisotopic (exact) mass is 395 g/mol. The van der Waals surface area contributed by atoms with Crippen LogP contribution in [0.4, 0.5) is 4.79 Å². The second-order valence-electron chi connectivity index (χ2n) is 5.85. The van der Waals surface area contributed by atoms with E-state index in [1.807, 2.05) is 6.07 Å². The third-order valence-electron chi connectivity index (χ3n) is 4.01. The van der Waals surface area contributed by atoms with E-state index < -0.39 is 0 Å². The van der Waals surface area contributed by atoms with E-state index in [-0.39, 0.29) is 18.7 Å². The van der Waals surface area contributed by atoms with Crippen molar-refractivity contribution < 1.29 is 14.3 Å².